The fourth-order valence-corrected chi connectivity index (χ4v) is 6.93. The van der Waals surface area contributed by atoms with Crippen LogP contribution in [0.2, 0.25) is 0 Å². The van der Waals surface area contributed by atoms with E-state index in [-0.39, 0.29) is 36.7 Å². The second kappa shape index (κ2) is 42.9. The van der Waals surface area contributed by atoms with Crippen LogP contribution in [-0.2, 0) is 14.4 Å². The van der Waals surface area contributed by atoms with Crippen molar-refractivity contribution >= 4 is 17.7 Å². The molecule has 0 aromatic heterocycles. The van der Waals surface area contributed by atoms with Crippen LogP contribution in [0.3, 0.4) is 0 Å². The predicted molar refractivity (Wildman–Crippen MR) is 237 cm³/mol. The van der Waals surface area contributed by atoms with Gasteiger partial charge in [0.05, 0.1) is 5.92 Å². The Morgan fingerprint density at radius 2 is 0.800 bits per heavy atom. The summed E-state index contributed by atoms with van der Waals surface area (Å²) in [6.45, 7) is 7.32. The Balaban J connectivity index is 3.96. The summed E-state index contributed by atoms with van der Waals surface area (Å²) in [6.07, 6.45) is 45.3. The van der Waals surface area contributed by atoms with Gasteiger partial charge in [0.15, 0.2) is 0 Å². The lowest BCUT2D eigenvalue weighted by molar-refractivity contribution is -0.135. The SMILES string of the molecule is CCCCCCCC/C=C\CCCCCCCC(=O)NCCCCN(CCCNC(=O)CCCCCCC/C=C\CCCCCCCC)C(=O)C(CN)CN. The molecule has 55 heavy (non-hydrogen) atoms. The van der Waals surface area contributed by atoms with Crippen LogP contribution in [0.15, 0.2) is 24.3 Å². The molecule has 0 aliphatic heterocycles. The molecule has 0 radical (unpaired) electrons. The van der Waals surface area contributed by atoms with Crippen molar-refractivity contribution in [3.8, 4) is 0 Å². The number of carbonyl (C=O) groups excluding carboxylic acids is 3. The van der Waals surface area contributed by atoms with E-state index in [4.69, 9.17) is 11.5 Å². The van der Waals surface area contributed by atoms with E-state index in [1.165, 1.54) is 141 Å². The highest BCUT2D eigenvalue weighted by atomic mass is 16.2. The third-order valence-corrected chi connectivity index (χ3v) is 10.7. The second-order valence-corrected chi connectivity index (χ2v) is 15.9. The van der Waals surface area contributed by atoms with Gasteiger partial charge >= 0.3 is 0 Å². The van der Waals surface area contributed by atoms with E-state index in [1.807, 2.05) is 4.90 Å². The summed E-state index contributed by atoms with van der Waals surface area (Å²) < 4.78 is 0. The van der Waals surface area contributed by atoms with Crippen molar-refractivity contribution in [2.24, 2.45) is 17.4 Å². The molecule has 8 nitrogen and oxygen atoms in total. The van der Waals surface area contributed by atoms with E-state index >= 15 is 0 Å². The topological polar surface area (TPSA) is 131 Å². The fraction of sp³-hybridized carbons (Fsp3) is 0.851. The molecule has 0 bridgehead atoms. The number of nitrogens with two attached hydrogens (primary N) is 2. The minimum Gasteiger partial charge on any atom is -0.356 e. The van der Waals surface area contributed by atoms with Crippen LogP contribution >= 0.6 is 0 Å². The molecular weight excluding hydrogens is 683 g/mol. The van der Waals surface area contributed by atoms with Gasteiger partial charge in [0, 0.05) is 52.1 Å². The van der Waals surface area contributed by atoms with Crippen molar-refractivity contribution < 1.29 is 14.4 Å². The summed E-state index contributed by atoms with van der Waals surface area (Å²) in [6, 6.07) is 0. The minimum atomic E-state index is -0.387. The van der Waals surface area contributed by atoms with E-state index in [9.17, 15) is 14.4 Å². The monoisotopic (exact) mass is 774 g/mol. The van der Waals surface area contributed by atoms with Gasteiger partial charge < -0.3 is 27.0 Å². The van der Waals surface area contributed by atoms with Crippen molar-refractivity contribution in [3.05, 3.63) is 24.3 Å². The molecule has 0 fully saturated rings. The van der Waals surface area contributed by atoms with Crippen LogP contribution in [0.5, 0.6) is 0 Å². The minimum absolute atomic E-state index is 0.0159. The number of hydrogen-bond donors (Lipinski definition) is 4. The van der Waals surface area contributed by atoms with Gasteiger partial charge in [0.2, 0.25) is 17.7 Å². The Bertz CT molecular complexity index is 920. The highest BCUT2D eigenvalue weighted by Gasteiger charge is 2.21. The molecule has 0 aliphatic rings. The number of unbranched alkanes of at least 4 members (excludes halogenated alkanes) is 23. The van der Waals surface area contributed by atoms with E-state index < -0.39 is 0 Å². The van der Waals surface area contributed by atoms with Crippen LogP contribution in [0.25, 0.3) is 0 Å². The van der Waals surface area contributed by atoms with Crippen molar-refractivity contribution in [1.82, 2.24) is 15.5 Å². The first-order valence-electron chi connectivity index (χ1n) is 23.5. The second-order valence-electron chi connectivity index (χ2n) is 15.9. The summed E-state index contributed by atoms with van der Waals surface area (Å²) >= 11 is 0. The highest BCUT2D eigenvalue weighted by Crippen LogP contribution is 2.12. The maximum atomic E-state index is 13.1. The number of amides is 3. The Hall–Kier alpha value is -2.19. The molecule has 0 saturated carbocycles. The molecule has 0 aromatic rings. The molecule has 0 spiro atoms. The lowest BCUT2D eigenvalue weighted by atomic mass is 10.1. The number of nitrogens with one attached hydrogen (secondary N) is 2. The molecule has 0 aromatic carbocycles. The molecule has 322 valence electrons. The molecule has 8 heteroatoms. The van der Waals surface area contributed by atoms with E-state index in [0.717, 1.165) is 38.5 Å². The van der Waals surface area contributed by atoms with Gasteiger partial charge in [-0.1, -0.05) is 141 Å². The van der Waals surface area contributed by atoms with Crippen LogP contribution in [-0.4, -0.2) is 61.9 Å². The Morgan fingerprint density at radius 1 is 0.455 bits per heavy atom. The summed E-state index contributed by atoms with van der Waals surface area (Å²) in [5, 5.41) is 6.09. The smallest absolute Gasteiger partial charge is 0.228 e. The number of allylic oxidation sites excluding steroid dienone is 4. The summed E-state index contributed by atoms with van der Waals surface area (Å²) in [5.74, 6) is -0.191. The zero-order valence-corrected chi connectivity index (χ0v) is 36.4. The van der Waals surface area contributed by atoms with Crippen LogP contribution in [0.4, 0.5) is 0 Å². The largest absolute Gasteiger partial charge is 0.356 e. The summed E-state index contributed by atoms with van der Waals surface area (Å²) in [4.78, 5) is 39.7. The maximum absolute atomic E-state index is 13.1. The predicted octanol–water partition coefficient (Wildman–Crippen LogP) is 10.8. The van der Waals surface area contributed by atoms with Gasteiger partial charge in [-0.25, -0.2) is 0 Å². The standard InChI is InChI=1S/C47H91N5O3/c1-3-5-7-9-11-13-15-17-19-21-23-25-27-29-31-36-45(53)50-38-33-34-40-52(47(55)44(42-48)43-49)41-35-39-51-46(54)37-32-30-28-26-24-22-20-18-16-14-12-10-8-6-4-2/h17-20,44H,3-16,21-43,48-49H2,1-2H3,(H,50,53)(H,51,54)/b19-17-,20-18-. The first-order chi connectivity index (χ1) is 27.0. The van der Waals surface area contributed by atoms with Crippen molar-refractivity contribution in [1.29, 1.82) is 0 Å². The molecule has 6 N–H and O–H groups in total. The van der Waals surface area contributed by atoms with E-state index in [2.05, 4.69) is 48.8 Å². The quantitative estimate of drug-likeness (QED) is 0.0362. The number of nitrogens with zero attached hydrogens (tertiary/aromatic N) is 1. The molecule has 0 unspecified atom stereocenters. The van der Waals surface area contributed by atoms with Gasteiger partial charge in [-0.15, -0.1) is 0 Å². The van der Waals surface area contributed by atoms with E-state index in [1.54, 1.807) is 0 Å². The lowest BCUT2D eigenvalue weighted by Crippen LogP contribution is -2.44. The lowest BCUT2D eigenvalue weighted by Gasteiger charge is -2.26. The van der Waals surface area contributed by atoms with Crippen molar-refractivity contribution in [3.63, 3.8) is 0 Å². The maximum Gasteiger partial charge on any atom is 0.228 e. The molecule has 0 heterocycles. The van der Waals surface area contributed by atoms with Crippen molar-refractivity contribution in [2.75, 3.05) is 39.3 Å². The van der Waals surface area contributed by atoms with Crippen molar-refractivity contribution in [2.45, 2.75) is 213 Å². The summed E-state index contributed by atoms with van der Waals surface area (Å²) in [5.41, 5.74) is 11.7. The average molecular weight is 774 g/mol. The first kappa shape index (κ1) is 52.8. The molecule has 0 rings (SSSR count). The van der Waals surface area contributed by atoms with Gasteiger partial charge in [-0.3, -0.25) is 14.4 Å². The number of carbonyl (C=O) groups is 3. The fourth-order valence-electron chi connectivity index (χ4n) is 6.93. The molecule has 0 atom stereocenters. The van der Waals surface area contributed by atoms with Gasteiger partial charge in [0.1, 0.15) is 0 Å². The van der Waals surface area contributed by atoms with Gasteiger partial charge in [-0.05, 0) is 83.5 Å². The third-order valence-electron chi connectivity index (χ3n) is 10.7. The normalized spacial score (nSPS) is 11.7. The van der Waals surface area contributed by atoms with Crippen LogP contribution < -0.4 is 22.1 Å². The van der Waals surface area contributed by atoms with Crippen LogP contribution in [0, 0.1) is 5.92 Å². The number of rotatable bonds is 42. The molecule has 3 amide bonds. The molecule has 0 aliphatic carbocycles. The molecular formula is C47H91N5O3. The zero-order valence-electron chi connectivity index (χ0n) is 36.4. The van der Waals surface area contributed by atoms with E-state index in [0.29, 0.717) is 45.4 Å². The Morgan fingerprint density at radius 3 is 1.20 bits per heavy atom. The first-order valence-corrected chi connectivity index (χ1v) is 23.5. The Labute approximate surface area is 340 Å². The van der Waals surface area contributed by atoms with Gasteiger partial charge in [0.25, 0.3) is 0 Å². The highest BCUT2D eigenvalue weighted by molar-refractivity contribution is 5.79. The van der Waals surface area contributed by atoms with Gasteiger partial charge in [-0.2, -0.15) is 0 Å². The van der Waals surface area contributed by atoms with Crippen LogP contribution in [0.1, 0.15) is 213 Å². The third kappa shape index (κ3) is 37.2. The summed E-state index contributed by atoms with van der Waals surface area (Å²) in [7, 11) is 0. The zero-order chi connectivity index (χ0) is 40.3. The average Bonchev–Trinajstić information content (AvgIpc) is 3.18. The Kier molecular flexibility index (Phi) is 41.2. The molecule has 0 saturated heterocycles. The number of hydrogen-bond acceptors (Lipinski definition) is 5.